The lowest BCUT2D eigenvalue weighted by molar-refractivity contribution is -0.157. The van der Waals surface area contributed by atoms with Gasteiger partial charge < -0.3 is 19.4 Å². The van der Waals surface area contributed by atoms with Gasteiger partial charge in [0.15, 0.2) is 0 Å². The first-order chi connectivity index (χ1) is 12.3. The van der Waals surface area contributed by atoms with Crippen LogP contribution in [-0.2, 0) is 29.2 Å². The van der Waals surface area contributed by atoms with Crippen LogP contribution in [0.15, 0.2) is 24.3 Å². The molecule has 27 heavy (non-hydrogen) atoms. The van der Waals surface area contributed by atoms with Crippen molar-refractivity contribution in [1.29, 1.82) is 0 Å². The van der Waals surface area contributed by atoms with Crippen LogP contribution in [0.25, 0.3) is 0 Å². The molecule has 2 unspecified atom stereocenters. The molecule has 0 heterocycles. The Hall–Kier alpha value is -2.13. The summed E-state index contributed by atoms with van der Waals surface area (Å²) in [5.74, 6) is -1.93. The third kappa shape index (κ3) is 8.40. The summed E-state index contributed by atoms with van der Waals surface area (Å²) in [7, 11) is -3.73. The highest BCUT2D eigenvalue weighted by Crippen LogP contribution is 2.28. The van der Waals surface area contributed by atoms with Gasteiger partial charge in [0.2, 0.25) is 0 Å². The van der Waals surface area contributed by atoms with Crippen LogP contribution in [0.2, 0.25) is 0 Å². The van der Waals surface area contributed by atoms with Crippen LogP contribution in [-0.4, -0.2) is 44.9 Å². The standard InChI is InChI=1S/C18H27NO7S/c1-6-24-15(20)11-14(16(19)17(21)25-18(2,3)4)12-8-7-9-13(10-12)26-27(5,22)23/h7-10,14,16H,6,11,19H2,1-5H3. The monoisotopic (exact) mass is 401 g/mol. The Morgan fingerprint density at radius 2 is 1.85 bits per heavy atom. The van der Waals surface area contributed by atoms with Crippen molar-refractivity contribution in [3.8, 4) is 5.75 Å². The molecule has 0 radical (unpaired) electrons. The Morgan fingerprint density at radius 1 is 1.22 bits per heavy atom. The van der Waals surface area contributed by atoms with E-state index in [1.165, 1.54) is 12.1 Å². The lowest BCUT2D eigenvalue weighted by atomic mass is 9.88. The summed E-state index contributed by atoms with van der Waals surface area (Å²) in [6.45, 7) is 6.97. The van der Waals surface area contributed by atoms with Crippen molar-refractivity contribution in [3.63, 3.8) is 0 Å². The highest BCUT2D eigenvalue weighted by atomic mass is 32.2. The first-order valence-electron chi connectivity index (χ1n) is 8.46. The van der Waals surface area contributed by atoms with Gasteiger partial charge in [-0.1, -0.05) is 12.1 Å². The predicted octanol–water partition coefficient (Wildman–Crippen LogP) is 1.73. The second-order valence-electron chi connectivity index (χ2n) is 7.03. The third-order valence-corrected chi connectivity index (χ3v) is 3.83. The van der Waals surface area contributed by atoms with E-state index in [2.05, 4.69) is 0 Å². The van der Waals surface area contributed by atoms with E-state index in [9.17, 15) is 18.0 Å². The first-order valence-corrected chi connectivity index (χ1v) is 10.3. The van der Waals surface area contributed by atoms with Crippen LogP contribution in [0.3, 0.4) is 0 Å². The maximum Gasteiger partial charge on any atom is 0.324 e. The van der Waals surface area contributed by atoms with Gasteiger partial charge >= 0.3 is 22.1 Å². The van der Waals surface area contributed by atoms with Crippen molar-refractivity contribution in [2.75, 3.05) is 12.9 Å². The number of carbonyl (C=O) groups is 2. The minimum atomic E-state index is -3.73. The van der Waals surface area contributed by atoms with E-state index in [1.807, 2.05) is 0 Å². The van der Waals surface area contributed by atoms with Crippen LogP contribution < -0.4 is 9.92 Å². The van der Waals surface area contributed by atoms with Crippen LogP contribution in [0, 0.1) is 0 Å². The van der Waals surface area contributed by atoms with Gasteiger partial charge in [-0.15, -0.1) is 0 Å². The fourth-order valence-corrected chi connectivity index (χ4v) is 2.81. The topological polar surface area (TPSA) is 122 Å². The smallest absolute Gasteiger partial charge is 0.324 e. The highest BCUT2D eigenvalue weighted by molar-refractivity contribution is 7.86. The van der Waals surface area contributed by atoms with Crippen LogP contribution in [0.4, 0.5) is 0 Å². The van der Waals surface area contributed by atoms with Crippen molar-refractivity contribution in [1.82, 2.24) is 0 Å². The molecule has 0 aliphatic heterocycles. The van der Waals surface area contributed by atoms with Gasteiger partial charge in [-0.2, -0.15) is 8.42 Å². The summed E-state index contributed by atoms with van der Waals surface area (Å²) in [4.78, 5) is 24.4. The molecule has 0 aliphatic carbocycles. The summed E-state index contributed by atoms with van der Waals surface area (Å²) >= 11 is 0. The second-order valence-corrected chi connectivity index (χ2v) is 8.61. The van der Waals surface area contributed by atoms with Gasteiger partial charge in [0.25, 0.3) is 0 Å². The summed E-state index contributed by atoms with van der Waals surface area (Å²) < 4.78 is 37.8. The molecule has 9 heteroatoms. The minimum absolute atomic E-state index is 0.0558. The predicted molar refractivity (Wildman–Crippen MR) is 99.7 cm³/mol. The quantitative estimate of drug-likeness (QED) is 0.516. The minimum Gasteiger partial charge on any atom is -0.466 e. The molecular formula is C18H27NO7S. The molecule has 0 saturated carbocycles. The zero-order valence-electron chi connectivity index (χ0n) is 16.2. The van der Waals surface area contributed by atoms with Crippen molar-refractivity contribution >= 4 is 22.1 Å². The first kappa shape index (κ1) is 22.9. The van der Waals surface area contributed by atoms with E-state index in [0.717, 1.165) is 6.26 Å². The van der Waals surface area contributed by atoms with Crippen LogP contribution in [0.1, 0.15) is 45.6 Å². The van der Waals surface area contributed by atoms with E-state index in [-0.39, 0.29) is 18.8 Å². The van der Waals surface area contributed by atoms with Gasteiger partial charge in [0.05, 0.1) is 19.3 Å². The number of esters is 2. The summed E-state index contributed by atoms with van der Waals surface area (Å²) in [5.41, 5.74) is 5.80. The Bertz CT molecular complexity index is 768. The number of carbonyl (C=O) groups excluding carboxylic acids is 2. The Morgan fingerprint density at radius 3 is 2.37 bits per heavy atom. The molecule has 0 aliphatic rings. The lowest BCUT2D eigenvalue weighted by Crippen LogP contribution is -2.42. The van der Waals surface area contributed by atoms with Gasteiger partial charge in [0.1, 0.15) is 17.4 Å². The van der Waals surface area contributed by atoms with Gasteiger partial charge in [0, 0.05) is 5.92 Å². The number of benzene rings is 1. The van der Waals surface area contributed by atoms with E-state index in [1.54, 1.807) is 39.8 Å². The average Bonchev–Trinajstić information content (AvgIpc) is 2.49. The van der Waals surface area contributed by atoms with E-state index >= 15 is 0 Å². The van der Waals surface area contributed by atoms with Crippen molar-refractivity contribution in [3.05, 3.63) is 29.8 Å². The Labute approximate surface area is 160 Å². The molecule has 0 bridgehead atoms. The van der Waals surface area contributed by atoms with Crippen LogP contribution >= 0.6 is 0 Å². The molecule has 0 aromatic heterocycles. The van der Waals surface area contributed by atoms with E-state index in [4.69, 9.17) is 19.4 Å². The lowest BCUT2D eigenvalue weighted by Gasteiger charge is -2.27. The molecule has 8 nitrogen and oxygen atoms in total. The van der Waals surface area contributed by atoms with Gasteiger partial charge in [-0.05, 0) is 45.4 Å². The normalized spacial score (nSPS) is 14.1. The van der Waals surface area contributed by atoms with Gasteiger partial charge in [-0.25, -0.2) is 0 Å². The SMILES string of the molecule is CCOC(=O)CC(c1cccc(OS(C)(=O)=O)c1)C(N)C(=O)OC(C)(C)C. The molecule has 0 amide bonds. The fourth-order valence-electron chi connectivity index (χ4n) is 2.36. The molecule has 1 rings (SSSR count). The molecule has 0 spiro atoms. The maximum atomic E-state index is 12.4. The Kier molecular flexibility index (Phi) is 7.79. The number of nitrogens with two attached hydrogens (primary N) is 1. The van der Waals surface area contributed by atoms with Crippen molar-refractivity contribution in [2.45, 2.75) is 51.7 Å². The van der Waals surface area contributed by atoms with Gasteiger partial charge in [-0.3, -0.25) is 9.59 Å². The highest BCUT2D eigenvalue weighted by Gasteiger charge is 2.32. The summed E-state index contributed by atoms with van der Waals surface area (Å²) in [5, 5.41) is 0. The van der Waals surface area contributed by atoms with E-state index in [0.29, 0.717) is 5.56 Å². The molecule has 0 saturated heterocycles. The van der Waals surface area contributed by atoms with Crippen molar-refractivity contribution < 1.29 is 31.7 Å². The third-order valence-electron chi connectivity index (χ3n) is 3.34. The second kappa shape index (κ2) is 9.18. The molecular weight excluding hydrogens is 374 g/mol. The van der Waals surface area contributed by atoms with Crippen LogP contribution in [0.5, 0.6) is 5.75 Å². The number of hydrogen-bond acceptors (Lipinski definition) is 8. The number of hydrogen-bond donors (Lipinski definition) is 1. The number of ether oxygens (including phenoxy) is 2. The van der Waals surface area contributed by atoms with Crippen molar-refractivity contribution in [2.24, 2.45) is 5.73 Å². The zero-order valence-corrected chi connectivity index (χ0v) is 17.0. The summed E-state index contributed by atoms with van der Waals surface area (Å²) in [6.07, 6.45) is 0.749. The summed E-state index contributed by atoms with van der Waals surface area (Å²) in [6, 6.07) is 4.90. The average molecular weight is 401 g/mol. The molecule has 1 aromatic carbocycles. The molecule has 2 atom stereocenters. The molecule has 1 aromatic rings. The van der Waals surface area contributed by atoms with E-state index < -0.39 is 39.6 Å². The maximum absolute atomic E-state index is 12.4. The molecule has 0 fully saturated rings. The zero-order chi connectivity index (χ0) is 20.8. The molecule has 152 valence electrons. The Balaban J connectivity index is 3.19. The number of rotatable bonds is 8. The molecule has 2 N–H and O–H groups in total. The largest absolute Gasteiger partial charge is 0.466 e. The fraction of sp³-hybridized carbons (Fsp3) is 0.556.